The standard InChI is InChI=1S/C8H9NO3S/c1-4(2)5-3-13-7(9-5)6(10)8(11)12/h3-4H,1-2H3,(H,11,12). The van der Waals surface area contributed by atoms with E-state index in [0.29, 0.717) is 0 Å². The van der Waals surface area contributed by atoms with Crippen LogP contribution in [0, 0.1) is 0 Å². The van der Waals surface area contributed by atoms with Crippen molar-refractivity contribution in [3.63, 3.8) is 0 Å². The van der Waals surface area contributed by atoms with Gasteiger partial charge in [-0.1, -0.05) is 13.8 Å². The van der Waals surface area contributed by atoms with Gasteiger partial charge in [-0.2, -0.15) is 0 Å². The molecule has 1 heterocycles. The zero-order chi connectivity index (χ0) is 10.0. The summed E-state index contributed by atoms with van der Waals surface area (Å²) in [6.07, 6.45) is 0. The fourth-order valence-electron chi connectivity index (χ4n) is 0.747. The Morgan fingerprint density at radius 1 is 1.54 bits per heavy atom. The summed E-state index contributed by atoms with van der Waals surface area (Å²) in [4.78, 5) is 25.1. The monoisotopic (exact) mass is 199 g/mol. The predicted molar refractivity (Wildman–Crippen MR) is 48.2 cm³/mol. The average Bonchev–Trinajstić information content (AvgIpc) is 2.50. The Kier molecular flexibility index (Phi) is 2.77. The summed E-state index contributed by atoms with van der Waals surface area (Å²) in [6, 6.07) is 0. The van der Waals surface area contributed by atoms with E-state index in [0.717, 1.165) is 17.0 Å². The molecule has 0 spiro atoms. The molecule has 5 heteroatoms. The highest BCUT2D eigenvalue weighted by molar-refractivity contribution is 7.12. The Balaban J connectivity index is 2.92. The summed E-state index contributed by atoms with van der Waals surface area (Å²) in [6.45, 7) is 3.87. The van der Waals surface area contributed by atoms with Crippen molar-refractivity contribution in [3.05, 3.63) is 16.1 Å². The smallest absolute Gasteiger partial charge is 0.379 e. The fraction of sp³-hybridized carbons (Fsp3) is 0.375. The Morgan fingerprint density at radius 2 is 2.15 bits per heavy atom. The number of ketones is 1. The summed E-state index contributed by atoms with van der Waals surface area (Å²) in [5, 5.41) is 10.2. The first-order valence-corrected chi connectivity index (χ1v) is 4.63. The highest BCUT2D eigenvalue weighted by Crippen LogP contribution is 2.17. The van der Waals surface area contributed by atoms with Gasteiger partial charge in [0.05, 0.1) is 5.69 Å². The number of thiazole rings is 1. The van der Waals surface area contributed by atoms with E-state index in [2.05, 4.69) is 4.98 Å². The van der Waals surface area contributed by atoms with E-state index in [4.69, 9.17) is 5.11 Å². The molecular formula is C8H9NO3S. The van der Waals surface area contributed by atoms with Crippen LogP contribution in [0.15, 0.2) is 5.38 Å². The van der Waals surface area contributed by atoms with E-state index >= 15 is 0 Å². The van der Waals surface area contributed by atoms with Gasteiger partial charge in [-0.3, -0.25) is 4.79 Å². The summed E-state index contributed by atoms with van der Waals surface area (Å²) in [5.41, 5.74) is 0.759. The third kappa shape index (κ3) is 2.12. The molecule has 1 aromatic heterocycles. The number of nitrogens with zero attached hydrogens (tertiary/aromatic N) is 1. The topological polar surface area (TPSA) is 67.3 Å². The fourth-order valence-corrected chi connectivity index (χ4v) is 1.66. The second kappa shape index (κ2) is 3.66. The predicted octanol–water partition coefficient (Wildman–Crippen LogP) is 1.53. The minimum Gasteiger partial charge on any atom is -0.475 e. The number of aromatic nitrogens is 1. The zero-order valence-electron chi connectivity index (χ0n) is 7.27. The molecule has 0 bridgehead atoms. The average molecular weight is 199 g/mol. The van der Waals surface area contributed by atoms with Crippen LogP contribution in [0.2, 0.25) is 0 Å². The van der Waals surface area contributed by atoms with Gasteiger partial charge in [0.15, 0.2) is 5.01 Å². The van der Waals surface area contributed by atoms with E-state index in [1.165, 1.54) is 0 Å². The molecule has 13 heavy (non-hydrogen) atoms. The van der Waals surface area contributed by atoms with Crippen molar-refractivity contribution in [2.75, 3.05) is 0 Å². The lowest BCUT2D eigenvalue weighted by atomic mass is 10.2. The van der Waals surface area contributed by atoms with Crippen LogP contribution in [-0.4, -0.2) is 21.8 Å². The van der Waals surface area contributed by atoms with Gasteiger partial charge in [-0.05, 0) is 5.92 Å². The molecule has 0 aliphatic carbocycles. The number of carbonyl (C=O) groups excluding carboxylic acids is 1. The minimum absolute atomic E-state index is 0.0520. The molecule has 0 radical (unpaired) electrons. The quantitative estimate of drug-likeness (QED) is 0.592. The van der Waals surface area contributed by atoms with Crippen LogP contribution in [0.3, 0.4) is 0 Å². The van der Waals surface area contributed by atoms with Crippen molar-refractivity contribution in [1.29, 1.82) is 0 Å². The van der Waals surface area contributed by atoms with Gasteiger partial charge in [-0.15, -0.1) is 11.3 Å². The van der Waals surface area contributed by atoms with E-state index in [1.54, 1.807) is 5.38 Å². The second-order valence-electron chi connectivity index (χ2n) is 2.87. The third-order valence-electron chi connectivity index (χ3n) is 1.50. The number of hydrogen-bond acceptors (Lipinski definition) is 4. The van der Waals surface area contributed by atoms with Gasteiger partial charge in [0, 0.05) is 5.38 Å². The van der Waals surface area contributed by atoms with Gasteiger partial charge in [-0.25, -0.2) is 9.78 Å². The van der Waals surface area contributed by atoms with Crippen LogP contribution in [0.1, 0.15) is 35.3 Å². The van der Waals surface area contributed by atoms with Gasteiger partial charge >= 0.3 is 5.97 Å². The number of carboxylic acids is 1. The molecule has 0 saturated heterocycles. The minimum atomic E-state index is -1.45. The third-order valence-corrected chi connectivity index (χ3v) is 2.36. The molecule has 0 unspecified atom stereocenters. The van der Waals surface area contributed by atoms with Gasteiger partial charge in [0.1, 0.15) is 0 Å². The van der Waals surface area contributed by atoms with Crippen LogP contribution in [0.4, 0.5) is 0 Å². The lowest BCUT2D eigenvalue weighted by Crippen LogP contribution is -2.12. The summed E-state index contributed by atoms with van der Waals surface area (Å²) in [5.74, 6) is -2.17. The molecule has 70 valence electrons. The van der Waals surface area contributed by atoms with Gasteiger partial charge in [0.2, 0.25) is 0 Å². The number of Topliss-reactive ketones (excluding diaryl/α,β-unsaturated/α-hetero) is 1. The highest BCUT2D eigenvalue weighted by Gasteiger charge is 2.19. The van der Waals surface area contributed by atoms with E-state index in [-0.39, 0.29) is 10.9 Å². The molecule has 0 aromatic carbocycles. The number of rotatable bonds is 3. The second-order valence-corrected chi connectivity index (χ2v) is 3.72. The molecule has 0 aliphatic rings. The van der Waals surface area contributed by atoms with E-state index in [9.17, 15) is 9.59 Å². The first kappa shape index (κ1) is 9.85. The molecule has 1 rings (SSSR count). The number of carboxylic acid groups (broad SMARTS) is 1. The van der Waals surface area contributed by atoms with Crippen molar-refractivity contribution in [1.82, 2.24) is 4.98 Å². The zero-order valence-corrected chi connectivity index (χ0v) is 8.09. The van der Waals surface area contributed by atoms with Crippen molar-refractivity contribution >= 4 is 23.1 Å². The van der Waals surface area contributed by atoms with Crippen molar-refractivity contribution in [2.45, 2.75) is 19.8 Å². The SMILES string of the molecule is CC(C)c1csc(C(=O)C(=O)O)n1. The number of aliphatic carboxylic acids is 1. The molecule has 0 atom stereocenters. The van der Waals surface area contributed by atoms with Gasteiger partial charge < -0.3 is 5.11 Å². The maximum Gasteiger partial charge on any atom is 0.379 e. The first-order chi connectivity index (χ1) is 6.02. The first-order valence-electron chi connectivity index (χ1n) is 3.75. The molecule has 0 saturated carbocycles. The summed E-state index contributed by atoms with van der Waals surface area (Å²) >= 11 is 1.07. The Morgan fingerprint density at radius 3 is 2.54 bits per heavy atom. The van der Waals surface area contributed by atoms with E-state index in [1.807, 2.05) is 13.8 Å². The summed E-state index contributed by atoms with van der Waals surface area (Å²) < 4.78 is 0. The molecular weight excluding hydrogens is 190 g/mol. The molecule has 1 N–H and O–H groups in total. The Labute approximate surface area is 79.2 Å². The molecule has 4 nitrogen and oxygen atoms in total. The number of hydrogen-bond donors (Lipinski definition) is 1. The molecule has 1 aromatic rings. The lowest BCUT2D eigenvalue weighted by Gasteiger charge is -1.95. The lowest BCUT2D eigenvalue weighted by molar-refractivity contribution is -0.131. The molecule has 0 aliphatic heterocycles. The van der Waals surface area contributed by atoms with Crippen LogP contribution in [-0.2, 0) is 4.79 Å². The highest BCUT2D eigenvalue weighted by atomic mass is 32.1. The van der Waals surface area contributed by atoms with Crippen LogP contribution >= 0.6 is 11.3 Å². The van der Waals surface area contributed by atoms with Crippen molar-refractivity contribution in [2.24, 2.45) is 0 Å². The normalized spacial score (nSPS) is 10.4. The maximum absolute atomic E-state index is 10.9. The van der Waals surface area contributed by atoms with Crippen molar-refractivity contribution < 1.29 is 14.7 Å². The van der Waals surface area contributed by atoms with E-state index < -0.39 is 11.8 Å². The largest absolute Gasteiger partial charge is 0.475 e. The molecule has 0 fully saturated rings. The molecule has 0 amide bonds. The maximum atomic E-state index is 10.9. The summed E-state index contributed by atoms with van der Waals surface area (Å²) in [7, 11) is 0. The van der Waals surface area contributed by atoms with Crippen LogP contribution in [0.25, 0.3) is 0 Å². The van der Waals surface area contributed by atoms with Crippen LogP contribution < -0.4 is 0 Å². The van der Waals surface area contributed by atoms with Crippen LogP contribution in [0.5, 0.6) is 0 Å². The Hall–Kier alpha value is -1.23. The van der Waals surface area contributed by atoms with Crippen molar-refractivity contribution in [3.8, 4) is 0 Å². The Bertz CT molecular complexity index is 343. The van der Waals surface area contributed by atoms with Gasteiger partial charge in [0.25, 0.3) is 5.78 Å². The number of carbonyl (C=O) groups is 2.